The first-order valence-electron chi connectivity index (χ1n) is 11.3. The highest BCUT2D eigenvalue weighted by Crippen LogP contribution is 2.22. The van der Waals surface area contributed by atoms with Crippen LogP contribution in [0.2, 0.25) is 0 Å². The molecule has 0 bridgehead atoms. The monoisotopic (exact) mass is 446 g/mol. The van der Waals surface area contributed by atoms with Crippen LogP contribution in [0.4, 0.5) is 0 Å². The van der Waals surface area contributed by atoms with Crippen molar-refractivity contribution in [2.24, 2.45) is 0 Å². The molecular weight excluding hydrogens is 424 g/mol. The standard InChI is InChI=1S/C27H22N6O/c34-27(32-15-13-28-14-16-32)21-3-1-19(2-4-21)22-6-8-25-31-17-23(33(25)18-22)7-5-20-9-11-29-26-24(20)10-12-30-26/h1-4,6,8-12,17-18,28H,13-16H2,(H,29,30). The molecule has 5 heterocycles. The fourth-order valence-electron chi connectivity index (χ4n) is 4.30. The third kappa shape index (κ3) is 3.70. The number of pyridine rings is 2. The summed E-state index contributed by atoms with van der Waals surface area (Å²) in [6.07, 6.45) is 7.45. The van der Waals surface area contributed by atoms with Crippen LogP contribution in [0.15, 0.2) is 73.3 Å². The van der Waals surface area contributed by atoms with Crippen LogP contribution < -0.4 is 5.32 Å². The van der Waals surface area contributed by atoms with E-state index in [0.717, 1.165) is 65.2 Å². The van der Waals surface area contributed by atoms with Crippen molar-refractivity contribution >= 4 is 22.6 Å². The highest BCUT2D eigenvalue weighted by Gasteiger charge is 2.17. The number of piperazine rings is 1. The number of amides is 1. The van der Waals surface area contributed by atoms with Gasteiger partial charge in [0.15, 0.2) is 0 Å². The molecule has 0 aliphatic carbocycles. The molecule has 0 atom stereocenters. The molecule has 0 radical (unpaired) electrons. The minimum absolute atomic E-state index is 0.0864. The Morgan fingerprint density at radius 1 is 0.912 bits per heavy atom. The summed E-state index contributed by atoms with van der Waals surface area (Å²) in [6, 6.07) is 15.7. The Hall–Kier alpha value is -4.41. The Morgan fingerprint density at radius 2 is 1.74 bits per heavy atom. The molecule has 7 heteroatoms. The minimum Gasteiger partial charge on any atom is -0.346 e. The first kappa shape index (κ1) is 20.2. The van der Waals surface area contributed by atoms with Gasteiger partial charge in [-0.05, 0) is 53.4 Å². The zero-order valence-corrected chi connectivity index (χ0v) is 18.5. The number of hydrogen-bond acceptors (Lipinski definition) is 4. The molecule has 5 aromatic rings. The zero-order chi connectivity index (χ0) is 22.9. The molecule has 1 aromatic carbocycles. The van der Waals surface area contributed by atoms with E-state index in [1.807, 2.05) is 70.2 Å². The van der Waals surface area contributed by atoms with Crippen LogP contribution in [-0.4, -0.2) is 56.3 Å². The summed E-state index contributed by atoms with van der Waals surface area (Å²) in [4.78, 5) is 26.6. The molecule has 4 aromatic heterocycles. The van der Waals surface area contributed by atoms with Crippen LogP contribution in [0.3, 0.4) is 0 Å². The summed E-state index contributed by atoms with van der Waals surface area (Å²) in [7, 11) is 0. The molecule has 1 amide bonds. The van der Waals surface area contributed by atoms with Gasteiger partial charge in [0.25, 0.3) is 5.91 Å². The Labute approximate surface area is 196 Å². The van der Waals surface area contributed by atoms with Gasteiger partial charge >= 0.3 is 0 Å². The van der Waals surface area contributed by atoms with Crippen LogP contribution in [0, 0.1) is 11.8 Å². The van der Waals surface area contributed by atoms with Crippen molar-refractivity contribution in [2.75, 3.05) is 26.2 Å². The summed E-state index contributed by atoms with van der Waals surface area (Å²) >= 11 is 0. The molecule has 7 nitrogen and oxygen atoms in total. The second-order valence-corrected chi connectivity index (χ2v) is 8.26. The molecule has 1 saturated heterocycles. The van der Waals surface area contributed by atoms with E-state index in [1.54, 1.807) is 12.4 Å². The highest BCUT2D eigenvalue weighted by atomic mass is 16.2. The van der Waals surface area contributed by atoms with Gasteiger partial charge in [-0.3, -0.25) is 9.20 Å². The largest absolute Gasteiger partial charge is 0.346 e. The van der Waals surface area contributed by atoms with Crippen molar-refractivity contribution in [3.8, 4) is 23.0 Å². The van der Waals surface area contributed by atoms with Gasteiger partial charge in [0.1, 0.15) is 17.0 Å². The van der Waals surface area contributed by atoms with E-state index in [4.69, 9.17) is 0 Å². The van der Waals surface area contributed by atoms with Crippen molar-refractivity contribution in [3.05, 3.63) is 90.1 Å². The van der Waals surface area contributed by atoms with Crippen LogP contribution in [0.25, 0.3) is 27.8 Å². The maximum absolute atomic E-state index is 12.8. The van der Waals surface area contributed by atoms with Crippen molar-refractivity contribution in [1.82, 2.24) is 29.6 Å². The van der Waals surface area contributed by atoms with E-state index in [0.29, 0.717) is 5.56 Å². The van der Waals surface area contributed by atoms with Crippen molar-refractivity contribution in [1.29, 1.82) is 0 Å². The Balaban J connectivity index is 1.29. The molecule has 0 spiro atoms. The number of rotatable bonds is 2. The highest BCUT2D eigenvalue weighted by molar-refractivity contribution is 5.94. The normalized spacial score (nSPS) is 13.7. The SMILES string of the molecule is O=C(c1ccc(-c2ccc3ncc(C#Cc4ccnc5[nH]ccc45)n3c2)cc1)N1CCNCC1. The summed E-state index contributed by atoms with van der Waals surface area (Å²) in [5.41, 5.74) is 6.17. The number of carbonyl (C=O) groups is 1. The number of fused-ring (bicyclic) bond motifs is 2. The molecule has 34 heavy (non-hydrogen) atoms. The fraction of sp³-hybridized carbons (Fsp3) is 0.148. The van der Waals surface area contributed by atoms with Crippen molar-refractivity contribution in [2.45, 2.75) is 0 Å². The van der Waals surface area contributed by atoms with E-state index < -0.39 is 0 Å². The van der Waals surface area contributed by atoms with Crippen molar-refractivity contribution in [3.63, 3.8) is 0 Å². The minimum atomic E-state index is 0.0864. The lowest BCUT2D eigenvalue weighted by Crippen LogP contribution is -2.46. The summed E-state index contributed by atoms with van der Waals surface area (Å²) < 4.78 is 2.00. The lowest BCUT2D eigenvalue weighted by atomic mass is 10.0. The molecule has 6 rings (SSSR count). The fourth-order valence-corrected chi connectivity index (χ4v) is 4.30. The third-order valence-electron chi connectivity index (χ3n) is 6.16. The predicted octanol–water partition coefficient (Wildman–Crippen LogP) is 3.32. The number of carbonyl (C=O) groups excluding carboxylic acids is 1. The van der Waals surface area contributed by atoms with Gasteiger partial charge in [-0.1, -0.05) is 18.1 Å². The van der Waals surface area contributed by atoms with Gasteiger partial charge in [0.2, 0.25) is 0 Å². The van der Waals surface area contributed by atoms with Crippen LogP contribution >= 0.6 is 0 Å². The average molecular weight is 447 g/mol. The molecule has 1 aliphatic heterocycles. The molecule has 1 aliphatic rings. The van der Waals surface area contributed by atoms with Gasteiger partial charge in [0.05, 0.1) is 6.20 Å². The van der Waals surface area contributed by atoms with Crippen LogP contribution in [-0.2, 0) is 0 Å². The second-order valence-electron chi connectivity index (χ2n) is 8.26. The van der Waals surface area contributed by atoms with Gasteiger partial charge in [-0.15, -0.1) is 0 Å². The molecule has 2 N–H and O–H groups in total. The maximum atomic E-state index is 12.8. The number of nitrogens with zero attached hydrogens (tertiary/aromatic N) is 4. The molecule has 0 unspecified atom stereocenters. The van der Waals surface area contributed by atoms with E-state index in [9.17, 15) is 4.79 Å². The van der Waals surface area contributed by atoms with E-state index >= 15 is 0 Å². The van der Waals surface area contributed by atoms with Gasteiger partial charge in [-0.2, -0.15) is 0 Å². The number of aromatic amines is 1. The van der Waals surface area contributed by atoms with E-state index in [2.05, 4.69) is 32.1 Å². The Kier molecular flexibility index (Phi) is 5.06. The number of imidazole rings is 1. The van der Waals surface area contributed by atoms with Gasteiger partial charge in [-0.25, -0.2) is 9.97 Å². The van der Waals surface area contributed by atoms with Crippen LogP contribution in [0.1, 0.15) is 21.6 Å². The number of hydrogen-bond donors (Lipinski definition) is 2. The Bertz CT molecular complexity index is 1560. The van der Waals surface area contributed by atoms with Gasteiger partial charge in [0, 0.05) is 61.3 Å². The molecule has 0 saturated carbocycles. The first-order chi connectivity index (χ1) is 16.8. The molecule has 1 fully saturated rings. The summed E-state index contributed by atoms with van der Waals surface area (Å²) in [6.45, 7) is 3.18. The second kappa shape index (κ2) is 8.50. The molecule has 166 valence electrons. The average Bonchev–Trinajstić information content (AvgIpc) is 3.55. The number of nitrogens with one attached hydrogen (secondary N) is 2. The lowest BCUT2D eigenvalue weighted by molar-refractivity contribution is 0.0736. The maximum Gasteiger partial charge on any atom is 0.253 e. The number of aromatic nitrogens is 4. The van der Waals surface area contributed by atoms with E-state index in [-0.39, 0.29) is 5.91 Å². The number of H-pyrrole nitrogens is 1. The summed E-state index contributed by atoms with van der Waals surface area (Å²) in [5.74, 6) is 6.61. The smallest absolute Gasteiger partial charge is 0.253 e. The van der Waals surface area contributed by atoms with Crippen molar-refractivity contribution < 1.29 is 4.79 Å². The molecular formula is C27H22N6O. The zero-order valence-electron chi connectivity index (χ0n) is 18.5. The van der Waals surface area contributed by atoms with E-state index in [1.165, 1.54) is 0 Å². The van der Waals surface area contributed by atoms with Crippen LogP contribution in [0.5, 0.6) is 0 Å². The summed E-state index contributed by atoms with van der Waals surface area (Å²) in [5, 5.41) is 4.28. The topological polar surface area (TPSA) is 78.3 Å². The van der Waals surface area contributed by atoms with Gasteiger partial charge < -0.3 is 15.2 Å². The third-order valence-corrected chi connectivity index (χ3v) is 6.16. The Morgan fingerprint density at radius 3 is 2.59 bits per heavy atom. The predicted molar refractivity (Wildman–Crippen MR) is 131 cm³/mol. The first-order valence-corrected chi connectivity index (χ1v) is 11.3. The lowest BCUT2D eigenvalue weighted by Gasteiger charge is -2.27. The number of benzene rings is 1. The quantitative estimate of drug-likeness (QED) is 0.408.